The van der Waals surface area contributed by atoms with Gasteiger partial charge in [0.1, 0.15) is 23.7 Å². The van der Waals surface area contributed by atoms with Crippen LogP contribution in [0.4, 0.5) is 10.2 Å². The number of aryl methyl sites for hydroxylation is 1. The van der Waals surface area contributed by atoms with E-state index in [1.165, 1.54) is 25.0 Å². The third-order valence-electron chi connectivity index (χ3n) is 6.74. The number of piperidine rings is 1. The van der Waals surface area contributed by atoms with Crippen molar-refractivity contribution >= 4 is 17.4 Å². The molecule has 174 valence electrons. The van der Waals surface area contributed by atoms with Crippen molar-refractivity contribution in [3.63, 3.8) is 0 Å². The van der Waals surface area contributed by atoms with E-state index in [2.05, 4.69) is 20.9 Å². The van der Waals surface area contributed by atoms with Crippen LogP contribution in [0, 0.1) is 30.5 Å². The van der Waals surface area contributed by atoms with E-state index in [1.807, 2.05) is 20.8 Å². The molecular formula is C24H28ClFN6O. The fourth-order valence-electron chi connectivity index (χ4n) is 5.22. The second kappa shape index (κ2) is 8.89. The first-order valence-corrected chi connectivity index (χ1v) is 11.9. The van der Waals surface area contributed by atoms with Crippen LogP contribution in [0.15, 0.2) is 30.6 Å². The summed E-state index contributed by atoms with van der Waals surface area (Å²) >= 11 is 5.98. The molecule has 33 heavy (non-hydrogen) atoms. The summed E-state index contributed by atoms with van der Waals surface area (Å²) in [4.78, 5) is 15.8. The topological polar surface area (TPSA) is 69.0 Å². The van der Waals surface area contributed by atoms with Crippen LogP contribution < -0.4 is 9.64 Å². The lowest BCUT2D eigenvalue weighted by Gasteiger charge is -2.38. The number of nitrogens with zero attached hydrogens (tertiary/aromatic N) is 6. The highest BCUT2D eigenvalue weighted by Crippen LogP contribution is 2.44. The molecule has 5 rings (SSSR count). The molecule has 0 spiro atoms. The van der Waals surface area contributed by atoms with Gasteiger partial charge in [0.05, 0.1) is 6.04 Å². The van der Waals surface area contributed by atoms with Gasteiger partial charge in [-0.2, -0.15) is 10.1 Å². The lowest BCUT2D eigenvalue weighted by Crippen LogP contribution is -2.43. The average molecular weight is 471 g/mol. The van der Waals surface area contributed by atoms with Gasteiger partial charge in [0.15, 0.2) is 5.82 Å². The highest BCUT2D eigenvalue weighted by atomic mass is 35.5. The summed E-state index contributed by atoms with van der Waals surface area (Å²) in [5.74, 6) is 3.35. The number of benzene rings is 1. The first-order chi connectivity index (χ1) is 15.9. The SMILES string of the molecule is Cc1cc(N2C[C@H]3CC[C@@H](C2)C3Cc2nc(Oc3cc(F)cc(Cl)c3)n(C(C)C)n2)ncn1. The Bertz CT molecular complexity index is 1120. The minimum atomic E-state index is -0.449. The van der Waals surface area contributed by atoms with E-state index < -0.39 is 5.82 Å². The molecule has 1 aliphatic carbocycles. The van der Waals surface area contributed by atoms with E-state index in [0.717, 1.165) is 36.8 Å². The smallest absolute Gasteiger partial charge is 0.320 e. The van der Waals surface area contributed by atoms with Gasteiger partial charge in [-0.3, -0.25) is 0 Å². The van der Waals surface area contributed by atoms with E-state index in [9.17, 15) is 4.39 Å². The second-order valence-electron chi connectivity index (χ2n) is 9.44. The van der Waals surface area contributed by atoms with Gasteiger partial charge in [-0.25, -0.2) is 19.0 Å². The number of hydrogen-bond acceptors (Lipinski definition) is 6. The minimum absolute atomic E-state index is 0.0601. The quantitative estimate of drug-likeness (QED) is 0.490. The van der Waals surface area contributed by atoms with Crippen LogP contribution in [0.3, 0.4) is 0 Å². The third kappa shape index (κ3) is 4.67. The fraction of sp³-hybridized carbons (Fsp3) is 0.500. The van der Waals surface area contributed by atoms with Crippen molar-refractivity contribution in [1.29, 1.82) is 0 Å². The van der Waals surface area contributed by atoms with Gasteiger partial charge in [0.2, 0.25) is 0 Å². The number of halogens is 2. The molecule has 0 radical (unpaired) electrons. The van der Waals surface area contributed by atoms with E-state index in [1.54, 1.807) is 17.1 Å². The Hall–Kier alpha value is -2.74. The van der Waals surface area contributed by atoms with Crippen molar-refractivity contribution in [3.8, 4) is 11.8 Å². The molecule has 7 nitrogen and oxygen atoms in total. The summed E-state index contributed by atoms with van der Waals surface area (Å²) in [6, 6.07) is 6.61. The number of fused-ring (bicyclic) bond motifs is 2. The van der Waals surface area contributed by atoms with Gasteiger partial charge in [-0.1, -0.05) is 11.6 Å². The van der Waals surface area contributed by atoms with Crippen LogP contribution in [-0.4, -0.2) is 37.8 Å². The molecule has 2 fully saturated rings. The molecule has 3 atom stereocenters. The Morgan fingerprint density at radius 1 is 1.12 bits per heavy atom. The zero-order valence-corrected chi connectivity index (χ0v) is 19.8. The maximum Gasteiger partial charge on any atom is 0.320 e. The summed E-state index contributed by atoms with van der Waals surface area (Å²) in [6.45, 7) is 8.04. The van der Waals surface area contributed by atoms with Crippen LogP contribution in [0.25, 0.3) is 0 Å². The van der Waals surface area contributed by atoms with Gasteiger partial charge < -0.3 is 9.64 Å². The highest BCUT2D eigenvalue weighted by molar-refractivity contribution is 6.30. The Kier molecular flexibility index (Phi) is 5.95. The Morgan fingerprint density at radius 2 is 1.88 bits per heavy atom. The van der Waals surface area contributed by atoms with Crippen molar-refractivity contribution in [2.75, 3.05) is 18.0 Å². The first kappa shape index (κ1) is 22.1. The second-order valence-corrected chi connectivity index (χ2v) is 9.88. The number of aromatic nitrogens is 5. The standard InChI is InChI=1S/C24H28ClFN6O/c1-14(2)32-24(33-20-8-18(25)7-19(26)9-20)29-22(30-32)10-21-16-4-5-17(21)12-31(11-16)23-6-15(3)27-13-28-23/h6-9,13-14,16-17,21H,4-5,10-12H2,1-3H3/t16-,17+,21?. The molecular weight excluding hydrogens is 443 g/mol. The highest BCUT2D eigenvalue weighted by Gasteiger charge is 2.43. The van der Waals surface area contributed by atoms with Gasteiger partial charge in [0, 0.05) is 42.4 Å². The van der Waals surface area contributed by atoms with Crippen LogP contribution in [-0.2, 0) is 6.42 Å². The first-order valence-electron chi connectivity index (χ1n) is 11.5. The predicted molar refractivity (Wildman–Crippen MR) is 124 cm³/mol. The molecule has 3 aromatic rings. The van der Waals surface area contributed by atoms with Crippen molar-refractivity contribution < 1.29 is 9.13 Å². The summed E-state index contributed by atoms with van der Waals surface area (Å²) in [7, 11) is 0. The molecule has 0 amide bonds. The molecule has 1 aromatic carbocycles. The maximum atomic E-state index is 13.8. The Labute approximate surface area is 198 Å². The zero-order chi connectivity index (χ0) is 23.1. The largest absolute Gasteiger partial charge is 0.424 e. The van der Waals surface area contributed by atoms with Crippen molar-refractivity contribution in [2.24, 2.45) is 17.8 Å². The van der Waals surface area contributed by atoms with Gasteiger partial charge in [-0.05, 0) is 63.5 Å². The van der Waals surface area contributed by atoms with E-state index >= 15 is 0 Å². The predicted octanol–water partition coefficient (Wildman–Crippen LogP) is 5.25. The number of ether oxygens (including phenoxy) is 1. The van der Waals surface area contributed by atoms with Crippen LogP contribution in [0.1, 0.15) is 44.2 Å². The Morgan fingerprint density at radius 3 is 2.55 bits per heavy atom. The molecule has 9 heteroatoms. The normalized spacial score (nSPS) is 22.2. The molecule has 1 aliphatic heterocycles. The molecule has 1 saturated heterocycles. The molecule has 2 aliphatic rings. The molecule has 3 heterocycles. The fourth-order valence-corrected chi connectivity index (χ4v) is 5.43. The van der Waals surface area contributed by atoms with E-state index in [0.29, 0.717) is 29.5 Å². The average Bonchev–Trinajstić information content (AvgIpc) is 3.23. The molecule has 2 bridgehead atoms. The zero-order valence-electron chi connectivity index (χ0n) is 19.1. The molecule has 2 aromatic heterocycles. The van der Waals surface area contributed by atoms with Gasteiger partial charge >= 0.3 is 6.01 Å². The summed E-state index contributed by atoms with van der Waals surface area (Å²) < 4.78 is 21.4. The minimum Gasteiger partial charge on any atom is -0.424 e. The molecule has 0 N–H and O–H groups in total. The Balaban J connectivity index is 1.33. The van der Waals surface area contributed by atoms with Crippen LogP contribution >= 0.6 is 11.6 Å². The lowest BCUT2D eigenvalue weighted by atomic mass is 9.82. The molecule has 1 unspecified atom stereocenters. The lowest BCUT2D eigenvalue weighted by molar-refractivity contribution is 0.264. The number of anilines is 1. The number of hydrogen-bond donors (Lipinski definition) is 0. The van der Waals surface area contributed by atoms with Crippen LogP contribution in [0.2, 0.25) is 5.02 Å². The monoisotopic (exact) mass is 470 g/mol. The van der Waals surface area contributed by atoms with Crippen LogP contribution in [0.5, 0.6) is 11.8 Å². The number of rotatable bonds is 6. The summed E-state index contributed by atoms with van der Waals surface area (Å²) in [6.07, 6.45) is 4.89. The maximum absolute atomic E-state index is 13.8. The molecule has 1 saturated carbocycles. The van der Waals surface area contributed by atoms with E-state index in [4.69, 9.17) is 26.4 Å². The summed E-state index contributed by atoms with van der Waals surface area (Å²) in [5, 5.41) is 5.03. The van der Waals surface area contributed by atoms with Crippen molar-refractivity contribution in [3.05, 3.63) is 53.0 Å². The van der Waals surface area contributed by atoms with E-state index in [-0.39, 0.29) is 11.1 Å². The van der Waals surface area contributed by atoms with Crippen molar-refractivity contribution in [1.82, 2.24) is 24.7 Å². The third-order valence-corrected chi connectivity index (χ3v) is 6.96. The summed E-state index contributed by atoms with van der Waals surface area (Å²) in [5.41, 5.74) is 0.991. The van der Waals surface area contributed by atoms with Gasteiger partial charge in [0.25, 0.3) is 0 Å². The van der Waals surface area contributed by atoms with Gasteiger partial charge in [-0.15, -0.1) is 0 Å². The van der Waals surface area contributed by atoms with Crippen molar-refractivity contribution in [2.45, 2.75) is 46.1 Å².